The maximum absolute atomic E-state index is 13.4. The Balaban J connectivity index is 1.21. The molecule has 1 aromatic heterocycles. The van der Waals surface area contributed by atoms with Crippen LogP contribution in [0.3, 0.4) is 0 Å². The Hall–Kier alpha value is -4.44. The third-order valence-corrected chi connectivity index (χ3v) is 7.65. The number of imide groups is 1. The Morgan fingerprint density at radius 2 is 1.71 bits per heavy atom. The van der Waals surface area contributed by atoms with Crippen molar-refractivity contribution in [2.75, 3.05) is 26.2 Å². The largest absolute Gasteiger partial charge is 0.478 e. The molecule has 2 aliphatic rings. The van der Waals surface area contributed by atoms with Gasteiger partial charge < -0.3 is 19.5 Å². The number of ether oxygens (including phenoxy) is 2. The predicted molar refractivity (Wildman–Crippen MR) is 151 cm³/mol. The number of hydrogen-bond acceptors (Lipinski definition) is 7. The Bertz CT molecular complexity index is 1390. The molecule has 2 fully saturated rings. The van der Waals surface area contributed by atoms with Crippen molar-refractivity contribution >= 4 is 18.1 Å². The molecule has 5 rings (SSSR count). The molecule has 0 bridgehead atoms. The smallest absolute Gasteiger partial charge is 0.418 e. The Morgan fingerprint density at radius 3 is 2.34 bits per heavy atom. The highest BCUT2D eigenvalue weighted by Crippen LogP contribution is 2.35. The van der Waals surface area contributed by atoms with Crippen molar-refractivity contribution in [3.05, 3.63) is 89.1 Å². The molecule has 1 atom stereocenters. The fourth-order valence-corrected chi connectivity index (χ4v) is 5.49. The molecular weight excluding hydrogens is 524 g/mol. The van der Waals surface area contributed by atoms with Gasteiger partial charge in [0, 0.05) is 37.4 Å². The summed E-state index contributed by atoms with van der Waals surface area (Å²) in [5, 5.41) is 9.06. The molecular formula is C31H34N4O6. The molecule has 0 saturated carbocycles. The first-order valence-electron chi connectivity index (χ1n) is 13.9. The average molecular weight is 559 g/mol. The van der Waals surface area contributed by atoms with Crippen molar-refractivity contribution in [3.63, 3.8) is 0 Å². The van der Waals surface area contributed by atoms with E-state index in [2.05, 4.69) is 9.88 Å². The third kappa shape index (κ3) is 6.33. The lowest BCUT2D eigenvalue weighted by Crippen LogP contribution is -2.47. The number of aromatic carboxylic acids is 1. The number of likely N-dealkylation sites (tertiary alicyclic amines) is 1. The summed E-state index contributed by atoms with van der Waals surface area (Å²) < 4.78 is 11.0. The van der Waals surface area contributed by atoms with Gasteiger partial charge in [0.15, 0.2) is 0 Å². The van der Waals surface area contributed by atoms with Gasteiger partial charge in [0.05, 0.1) is 24.8 Å². The number of aryl methyl sites for hydroxylation is 1. The van der Waals surface area contributed by atoms with Crippen LogP contribution in [0.25, 0.3) is 0 Å². The van der Waals surface area contributed by atoms with Crippen LogP contribution in [-0.2, 0) is 11.3 Å². The average Bonchev–Trinajstić information content (AvgIpc) is 3.33. The van der Waals surface area contributed by atoms with Crippen molar-refractivity contribution in [1.29, 1.82) is 0 Å². The summed E-state index contributed by atoms with van der Waals surface area (Å²) in [7, 11) is 0. The van der Waals surface area contributed by atoms with Gasteiger partial charge in [0.25, 0.3) is 0 Å². The van der Waals surface area contributed by atoms with Crippen LogP contribution >= 0.6 is 0 Å². The molecule has 2 saturated heterocycles. The van der Waals surface area contributed by atoms with Crippen molar-refractivity contribution < 1.29 is 29.0 Å². The van der Waals surface area contributed by atoms with E-state index in [-0.39, 0.29) is 36.8 Å². The lowest BCUT2D eigenvalue weighted by atomic mass is 9.98. The van der Waals surface area contributed by atoms with E-state index in [9.17, 15) is 14.4 Å². The lowest BCUT2D eigenvalue weighted by molar-refractivity contribution is 0.0696. The summed E-state index contributed by atoms with van der Waals surface area (Å²) >= 11 is 0. The highest BCUT2D eigenvalue weighted by Gasteiger charge is 2.45. The second-order valence-electron chi connectivity index (χ2n) is 10.3. The van der Waals surface area contributed by atoms with Gasteiger partial charge >= 0.3 is 18.1 Å². The van der Waals surface area contributed by atoms with Crippen LogP contribution < -0.4 is 4.74 Å². The van der Waals surface area contributed by atoms with Gasteiger partial charge in [0.2, 0.25) is 5.88 Å². The first-order chi connectivity index (χ1) is 19.8. The second kappa shape index (κ2) is 12.4. The lowest BCUT2D eigenvalue weighted by Gasteiger charge is -2.39. The van der Waals surface area contributed by atoms with Gasteiger partial charge in [-0.3, -0.25) is 4.90 Å². The molecule has 214 valence electrons. The summed E-state index contributed by atoms with van der Waals surface area (Å²) in [6.07, 6.45) is 1.00. The summed E-state index contributed by atoms with van der Waals surface area (Å²) in [4.78, 5) is 47.1. The van der Waals surface area contributed by atoms with Crippen LogP contribution in [0.15, 0.2) is 66.7 Å². The number of rotatable bonds is 8. The van der Waals surface area contributed by atoms with Crippen LogP contribution in [0, 0.1) is 6.92 Å². The number of nitrogens with zero attached hydrogens (tertiary/aromatic N) is 4. The van der Waals surface area contributed by atoms with Gasteiger partial charge in [-0.05, 0) is 62.1 Å². The van der Waals surface area contributed by atoms with E-state index in [0.717, 1.165) is 49.3 Å². The molecule has 0 spiro atoms. The maximum atomic E-state index is 13.4. The first kappa shape index (κ1) is 28.1. The van der Waals surface area contributed by atoms with Crippen molar-refractivity contribution in [2.24, 2.45) is 0 Å². The number of aromatic nitrogens is 1. The SMILES string of the molecule is CCOC(=O)N1CC(c2ccccc2)N(C2CCN(Cc3ccc(Oc4ccc(C(=O)O)cc4)nc3C)CC2)C1=O. The number of carboxylic acids is 1. The summed E-state index contributed by atoms with van der Waals surface area (Å²) in [5.74, 6) is -0.0252. The van der Waals surface area contributed by atoms with Crippen LogP contribution in [0.4, 0.5) is 9.59 Å². The summed E-state index contributed by atoms with van der Waals surface area (Å²) in [6, 6.07) is 19.4. The van der Waals surface area contributed by atoms with E-state index in [1.54, 1.807) is 19.1 Å². The molecule has 0 aliphatic carbocycles. The molecule has 10 heteroatoms. The topological polar surface area (TPSA) is 113 Å². The Labute approximate surface area is 239 Å². The second-order valence-corrected chi connectivity index (χ2v) is 10.3. The Kier molecular flexibility index (Phi) is 8.49. The molecule has 1 unspecified atom stereocenters. The zero-order valence-electron chi connectivity index (χ0n) is 23.2. The minimum absolute atomic E-state index is 0.0193. The highest BCUT2D eigenvalue weighted by atomic mass is 16.6. The van der Waals surface area contributed by atoms with Gasteiger partial charge in [0.1, 0.15) is 5.75 Å². The number of piperidine rings is 1. The Morgan fingerprint density at radius 1 is 1.00 bits per heavy atom. The minimum Gasteiger partial charge on any atom is -0.478 e. The van der Waals surface area contributed by atoms with E-state index < -0.39 is 12.1 Å². The maximum Gasteiger partial charge on any atom is 0.418 e. The molecule has 3 amide bonds. The summed E-state index contributed by atoms with van der Waals surface area (Å²) in [6.45, 7) is 6.53. The van der Waals surface area contributed by atoms with Crippen molar-refractivity contribution in [1.82, 2.24) is 19.7 Å². The number of hydrogen-bond donors (Lipinski definition) is 1. The van der Waals surface area contributed by atoms with Crippen LogP contribution in [0.5, 0.6) is 11.6 Å². The van der Waals surface area contributed by atoms with Gasteiger partial charge in [-0.2, -0.15) is 0 Å². The summed E-state index contributed by atoms with van der Waals surface area (Å²) in [5.41, 5.74) is 3.15. The van der Waals surface area contributed by atoms with E-state index >= 15 is 0 Å². The van der Waals surface area contributed by atoms with Crippen LogP contribution in [0.2, 0.25) is 0 Å². The van der Waals surface area contributed by atoms with Crippen molar-refractivity contribution in [2.45, 2.75) is 45.3 Å². The normalized spacial score (nSPS) is 18.0. The molecule has 3 heterocycles. The van der Waals surface area contributed by atoms with Gasteiger partial charge in [-0.1, -0.05) is 36.4 Å². The molecule has 41 heavy (non-hydrogen) atoms. The molecule has 0 radical (unpaired) electrons. The fraction of sp³-hybridized carbons (Fsp3) is 0.355. The van der Waals surface area contributed by atoms with Gasteiger partial charge in [-0.25, -0.2) is 24.3 Å². The predicted octanol–water partition coefficient (Wildman–Crippen LogP) is 5.48. The minimum atomic E-state index is -0.986. The number of carbonyl (C=O) groups excluding carboxylic acids is 2. The van der Waals surface area contributed by atoms with E-state index in [1.807, 2.05) is 54.3 Å². The molecule has 3 aromatic rings. The van der Waals surface area contributed by atoms with Crippen molar-refractivity contribution in [3.8, 4) is 11.6 Å². The quantitative estimate of drug-likeness (QED) is 0.387. The molecule has 2 aliphatic heterocycles. The molecule has 10 nitrogen and oxygen atoms in total. The van der Waals surface area contributed by atoms with E-state index in [4.69, 9.17) is 14.6 Å². The standard InChI is InChI=1S/C31H34N4O6/c1-3-40-31(39)34-20-27(22-7-5-4-6-8-22)35(30(34)38)25-15-17-33(18-16-25)19-24-11-14-28(32-21(24)2)41-26-12-9-23(10-13-26)29(36)37/h4-14,25,27H,3,15-20H2,1-2H3,(H,36,37). The number of carboxylic acid groups (broad SMARTS) is 1. The van der Waals surface area contributed by atoms with E-state index in [0.29, 0.717) is 11.6 Å². The molecule has 2 aromatic carbocycles. The number of amides is 3. The zero-order valence-corrected chi connectivity index (χ0v) is 23.2. The zero-order chi connectivity index (χ0) is 28.9. The first-order valence-corrected chi connectivity index (χ1v) is 13.9. The van der Waals surface area contributed by atoms with Crippen LogP contribution in [0.1, 0.15) is 53.0 Å². The number of pyridine rings is 1. The monoisotopic (exact) mass is 558 g/mol. The molecule has 1 N–H and O–H groups in total. The number of benzene rings is 2. The fourth-order valence-electron chi connectivity index (χ4n) is 5.49. The van der Waals surface area contributed by atoms with Gasteiger partial charge in [-0.15, -0.1) is 0 Å². The number of carbonyl (C=O) groups is 3. The van der Waals surface area contributed by atoms with Crippen LogP contribution in [-0.4, -0.2) is 75.2 Å². The van der Waals surface area contributed by atoms with E-state index in [1.165, 1.54) is 17.0 Å². The highest BCUT2D eigenvalue weighted by molar-refractivity contribution is 5.93. The third-order valence-electron chi connectivity index (χ3n) is 7.65. The number of urea groups is 1.